The molecule has 2 aromatic rings. The summed E-state index contributed by atoms with van der Waals surface area (Å²) in [5, 5.41) is 9.92. The Kier molecular flexibility index (Phi) is 2.87. The molecule has 0 bridgehead atoms. The fraction of sp³-hybridized carbons (Fsp3) is 0.333. The molecular weight excluding hydrogens is 231 g/mol. The van der Waals surface area contributed by atoms with Gasteiger partial charge in [0.05, 0.1) is 0 Å². The van der Waals surface area contributed by atoms with E-state index in [1.165, 1.54) is 0 Å². The van der Waals surface area contributed by atoms with Gasteiger partial charge in [-0.25, -0.2) is 0 Å². The Balaban J connectivity index is 2.34. The van der Waals surface area contributed by atoms with Crippen LogP contribution in [0.5, 0.6) is 0 Å². The fourth-order valence-electron chi connectivity index (χ4n) is 1.86. The number of rotatable bonds is 2. The molecule has 1 aromatic heterocycles. The van der Waals surface area contributed by atoms with Gasteiger partial charge >= 0.3 is 6.18 Å². The number of nitrogens with zero attached hydrogens (tertiary/aromatic N) is 1. The summed E-state index contributed by atoms with van der Waals surface area (Å²) in [6, 6.07) is 8.99. The number of aromatic nitrogens is 1. The van der Waals surface area contributed by atoms with Crippen LogP contribution in [0, 0.1) is 0 Å². The molecule has 1 aromatic carbocycles. The molecule has 0 aliphatic rings. The van der Waals surface area contributed by atoms with E-state index in [9.17, 15) is 13.2 Å². The van der Waals surface area contributed by atoms with E-state index in [1.807, 2.05) is 24.3 Å². The van der Waals surface area contributed by atoms with Crippen LogP contribution in [0.15, 0.2) is 30.3 Å². The second kappa shape index (κ2) is 4.07. The first-order chi connectivity index (χ1) is 7.89. The van der Waals surface area contributed by atoms with Crippen molar-refractivity contribution in [2.75, 3.05) is 0 Å². The van der Waals surface area contributed by atoms with Crippen LogP contribution in [0.4, 0.5) is 13.2 Å². The average molecular weight is 243 g/mol. The predicted octanol–water partition coefficient (Wildman–Crippen LogP) is 2.64. The molecule has 1 N–H and O–H groups in total. The van der Waals surface area contributed by atoms with Crippen LogP contribution < -0.4 is 0 Å². The van der Waals surface area contributed by atoms with Gasteiger partial charge in [0, 0.05) is 24.7 Å². The smallest absolute Gasteiger partial charge is 0.383 e. The van der Waals surface area contributed by atoms with E-state index in [0.29, 0.717) is 5.69 Å². The van der Waals surface area contributed by atoms with Gasteiger partial charge in [-0.05, 0) is 17.5 Å². The molecule has 5 heteroatoms. The summed E-state index contributed by atoms with van der Waals surface area (Å²) in [6.45, 7) is 0. The maximum atomic E-state index is 12.3. The maximum absolute atomic E-state index is 12.3. The van der Waals surface area contributed by atoms with Crippen molar-refractivity contribution in [3.63, 3.8) is 0 Å². The highest BCUT2D eigenvalue weighted by molar-refractivity contribution is 5.81. The van der Waals surface area contributed by atoms with E-state index in [0.717, 1.165) is 10.9 Å². The van der Waals surface area contributed by atoms with Crippen LogP contribution in [0.2, 0.25) is 0 Å². The van der Waals surface area contributed by atoms with Crippen LogP contribution in [-0.2, 0) is 13.5 Å². The monoisotopic (exact) mass is 243 g/mol. The van der Waals surface area contributed by atoms with Gasteiger partial charge in [0.15, 0.2) is 6.10 Å². The maximum Gasteiger partial charge on any atom is 0.414 e. The van der Waals surface area contributed by atoms with E-state index in [2.05, 4.69) is 0 Å². The standard InChI is InChI=1S/C12H12F3NO/c1-16-9(7-11(17)12(13,14)15)6-8-4-2-3-5-10(8)16/h2-6,11,17H,7H2,1H3. The van der Waals surface area contributed by atoms with Gasteiger partial charge in [0.2, 0.25) is 0 Å². The van der Waals surface area contributed by atoms with E-state index in [1.54, 1.807) is 17.7 Å². The third-order valence-electron chi connectivity index (χ3n) is 2.83. The highest BCUT2D eigenvalue weighted by Gasteiger charge is 2.38. The molecule has 0 aliphatic carbocycles. The Labute approximate surface area is 96.3 Å². The molecule has 1 atom stereocenters. The number of hydrogen-bond donors (Lipinski definition) is 1. The van der Waals surface area contributed by atoms with Gasteiger partial charge < -0.3 is 9.67 Å². The minimum absolute atomic E-state index is 0.422. The summed E-state index contributed by atoms with van der Waals surface area (Å²) in [5.74, 6) is 0. The predicted molar refractivity (Wildman–Crippen MR) is 58.7 cm³/mol. The molecule has 1 heterocycles. The molecule has 0 saturated carbocycles. The van der Waals surface area contributed by atoms with E-state index >= 15 is 0 Å². The van der Waals surface area contributed by atoms with Crippen LogP contribution in [0.1, 0.15) is 5.69 Å². The summed E-state index contributed by atoms with van der Waals surface area (Å²) in [4.78, 5) is 0. The van der Waals surface area contributed by atoms with Gasteiger partial charge in [-0.2, -0.15) is 13.2 Å². The minimum Gasteiger partial charge on any atom is -0.383 e. The number of halogens is 3. The minimum atomic E-state index is -4.57. The number of aliphatic hydroxyl groups is 1. The molecule has 1 unspecified atom stereocenters. The zero-order valence-electron chi connectivity index (χ0n) is 9.20. The quantitative estimate of drug-likeness (QED) is 0.861. The molecule has 0 aliphatic heterocycles. The van der Waals surface area contributed by atoms with Crippen molar-refractivity contribution in [2.45, 2.75) is 18.7 Å². The van der Waals surface area contributed by atoms with Crippen molar-refractivity contribution in [3.8, 4) is 0 Å². The van der Waals surface area contributed by atoms with Crippen LogP contribution in [-0.4, -0.2) is 22.0 Å². The van der Waals surface area contributed by atoms with Gasteiger partial charge in [-0.1, -0.05) is 18.2 Å². The molecule has 0 radical (unpaired) electrons. The number of para-hydroxylation sites is 1. The summed E-state index contributed by atoms with van der Waals surface area (Å²) < 4.78 is 38.5. The largest absolute Gasteiger partial charge is 0.414 e. The fourth-order valence-corrected chi connectivity index (χ4v) is 1.86. The Bertz CT molecular complexity index is 530. The van der Waals surface area contributed by atoms with Crippen LogP contribution in [0.25, 0.3) is 10.9 Å². The van der Waals surface area contributed by atoms with Gasteiger partial charge in [0.25, 0.3) is 0 Å². The highest BCUT2D eigenvalue weighted by atomic mass is 19.4. The Morgan fingerprint density at radius 3 is 2.53 bits per heavy atom. The number of fused-ring (bicyclic) bond motifs is 1. The number of alkyl halides is 3. The lowest BCUT2D eigenvalue weighted by Crippen LogP contribution is -2.31. The lowest BCUT2D eigenvalue weighted by atomic mass is 10.2. The lowest BCUT2D eigenvalue weighted by molar-refractivity contribution is -0.203. The zero-order chi connectivity index (χ0) is 12.6. The third kappa shape index (κ3) is 2.29. The van der Waals surface area contributed by atoms with Crippen LogP contribution >= 0.6 is 0 Å². The van der Waals surface area contributed by atoms with E-state index in [-0.39, 0.29) is 0 Å². The second-order valence-electron chi connectivity index (χ2n) is 4.02. The molecule has 0 spiro atoms. The Morgan fingerprint density at radius 1 is 1.29 bits per heavy atom. The lowest BCUT2D eigenvalue weighted by Gasteiger charge is -2.14. The van der Waals surface area contributed by atoms with E-state index < -0.39 is 18.7 Å². The first-order valence-corrected chi connectivity index (χ1v) is 5.17. The molecule has 17 heavy (non-hydrogen) atoms. The first kappa shape index (κ1) is 12.0. The number of aliphatic hydroxyl groups excluding tert-OH is 1. The summed E-state index contributed by atoms with van der Waals surface area (Å²) in [6.07, 6.45) is -7.31. The zero-order valence-corrected chi connectivity index (χ0v) is 9.20. The average Bonchev–Trinajstić information content (AvgIpc) is 2.55. The molecule has 2 nitrogen and oxygen atoms in total. The number of hydrogen-bond acceptors (Lipinski definition) is 1. The van der Waals surface area contributed by atoms with Gasteiger partial charge in [-0.15, -0.1) is 0 Å². The normalized spacial score (nSPS) is 14.2. The number of aryl methyl sites for hydroxylation is 1. The number of benzene rings is 1. The molecule has 0 amide bonds. The SMILES string of the molecule is Cn1c(CC(O)C(F)(F)F)cc2ccccc21. The van der Waals surface area contributed by atoms with Crippen molar-refractivity contribution >= 4 is 10.9 Å². The van der Waals surface area contributed by atoms with E-state index in [4.69, 9.17) is 5.11 Å². The van der Waals surface area contributed by atoms with Crippen molar-refractivity contribution < 1.29 is 18.3 Å². The Morgan fingerprint density at radius 2 is 1.94 bits per heavy atom. The van der Waals surface area contributed by atoms with Crippen molar-refractivity contribution in [2.24, 2.45) is 7.05 Å². The summed E-state index contributed by atoms with van der Waals surface area (Å²) in [7, 11) is 1.70. The molecule has 0 saturated heterocycles. The molecular formula is C12H12F3NO. The molecule has 92 valence electrons. The van der Waals surface area contributed by atoms with Crippen LogP contribution in [0.3, 0.4) is 0 Å². The highest BCUT2D eigenvalue weighted by Crippen LogP contribution is 2.25. The van der Waals surface area contributed by atoms with Gasteiger partial charge in [0.1, 0.15) is 0 Å². The topological polar surface area (TPSA) is 25.2 Å². The van der Waals surface area contributed by atoms with Gasteiger partial charge in [-0.3, -0.25) is 0 Å². The third-order valence-corrected chi connectivity index (χ3v) is 2.83. The van der Waals surface area contributed by atoms with Crippen molar-refractivity contribution in [1.82, 2.24) is 4.57 Å². The summed E-state index contributed by atoms with van der Waals surface area (Å²) >= 11 is 0. The second-order valence-corrected chi connectivity index (χ2v) is 4.02. The molecule has 2 rings (SSSR count). The molecule has 0 fully saturated rings. The Hall–Kier alpha value is -1.49. The summed E-state index contributed by atoms with van der Waals surface area (Å²) in [5.41, 5.74) is 1.33. The first-order valence-electron chi connectivity index (χ1n) is 5.17. The van der Waals surface area contributed by atoms with Crippen molar-refractivity contribution in [3.05, 3.63) is 36.0 Å². The van der Waals surface area contributed by atoms with Crippen molar-refractivity contribution in [1.29, 1.82) is 0 Å².